The highest BCUT2D eigenvalue weighted by atomic mass is 16.5. The van der Waals surface area contributed by atoms with Crippen LogP contribution in [0, 0.1) is 5.41 Å². The van der Waals surface area contributed by atoms with Gasteiger partial charge < -0.3 is 9.64 Å². The summed E-state index contributed by atoms with van der Waals surface area (Å²) in [5.41, 5.74) is 0.746. The Bertz CT molecular complexity index is 750. The molecule has 0 atom stereocenters. The van der Waals surface area contributed by atoms with Crippen LogP contribution in [0.3, 0.4) is 0 Å². The van der Waals surface area contributed by atoms with Gasteiger partial charge in [-0.25, -0.2) is 0 Å². The Kier molecular flexibility index (Phi) is 6.61. The molecule has 2 amide bonds. The van der Waals surface area contributed by atoms with Crippen molar-refractivity contribution in [1.82, 2.24) is 9.80 Å². The largest absolute Gasteiger partial charge is 0.495 e. The maximum atomic E-state index is 13.2. The van der Waals surface area contributed by atoms with E-state index in [1.54, 1.807) is 12.0 Å². The first-order chi connectivity index (χ1) is 14.6. The van der Waals surface area contributed by atoms with Crippen molar-refractivity contribution in [3.8, 4) is 5.75 Å². The monoisotopic (exact) mass is 413 g/mol. The lowest BCUT2D eigenvalue weighted by Gasteiger charge is -2.37. The lowest BCUT2D eigenvalue weighted by Crippen LogP contribution is -2.49. The van der Waals surface area contributed by atoms with E-state index in [2.05, 4.69) is 15.9 Å². The van der Waals surface area contributed by atoms with Crippen LogP contribution in [0.2, 0.25) is 0 Å². The number of methoxy groups -OCH3 is 1. The number of piperazine rings is 1. The molecule has 1 saturated carbocycles. The summed E-state index contributed by atoms with van der Waals surface area (Å²) in [7, 11) is 1.71. The molecule has 2 heterocycles. The second kappa shape index (κ2) is 9.38. The number of para-hydroxylation sites is 2. The van der Waals surface area contributed by atoms with E-state index < -0.39 is 0 Å². The number of nitrogens with zero attached hydrogens (tertiary/aromatic N) is 3. The van der Waals surface area contributed by atoms with E-state index in [9.17, 15) is 9.59 Å². The molecule has 2 aliphatic heterocycles. The quantitative estimate of drug-likeness (QED) is 0.694. The predicted octanol–water partition coefficient (Wildman–Crippen LogP) is 3.31. The predicted molar refractivity (Wildman–Crippen MR) is 118 cm³/mol. The van der Waals surface area contributed by atoms with Gasteiger partial charge in [0.25, 0.3) is 0 Å². The third kappa shape index (κ3) is 4.34. The second-order valence-corrected chi connectivity index (χ2v) is 9.08. The molecule has 3 aliphatic rings. The van der Waals surface area contributed by atoms with Gasteiger partial charge >= 0.3 is 0 Å². The van der Waals surface area contributed by atoms with E-state index in [0.29, 0.717) is 13.0 Å². The highest BCUT2D eigenvalue weighted by molar-refractivity contribution is 6.05. The minimum Gasteiger partial charge on any atom is -0.495 e. The maximum absolute atomic E-state index is 13.2. The highest BCUT2D eigenvalue weighted by Gasteiger charge is 2.50. The third-order valence-electron chi connectivity index (χ3n) is 7.24. The van der Waals surface area contributed by atoms with Gasteiger partial charge in [-0.3, -0.25) is 19.4 Å². The summed E-state index contributed by atoms with van der Waals surface area (Å²) in [6.07, 6.45) is 8.04. The summed E-state index contributed by atoms with van der Waals surface area (Å²) in [6, 6.07) is 8.13. The number of ether oxygens (including phenoxy) is 1. The molecule has 1 aliphatic carbocycles. The van der Waals surface area contributed by atoms with Crippen molar-refractivity contribution in [3.05, 3.63) is 24.3 Å². The van der Waals surface area contributed by atoms with Crippen molar-refractivity contribution < 1.29 is 14.3 Å². The van der Waals surface area contributed by atoms with E-state index in [-0.39, 0.29) is 17.2 Å². The Morgan fingerprint density at radius 1 is 0.900 bits per heavy atom. The number of hydrogen-bond donors (Lipinski definition) is 0. The molecule has 6 nitrogen and oxygen atoms in total. The molecular weight excluding hydrogens is 378 g/mol. The van der Waals surface area contributed by atoms with Gasteiger partial charge in [-0.15, -0.1) is 0 Å². The zero-order valence-corrected chi connectivity index (χ0v) is 18.3. The van der Waals surface area contributed by atoms with Crippen LogP contribution >= 0.6 is 0 Å². The average molecular weight is 414 g/mol. The van der Waals surface area contributed by atoms with Crippen molar-refractivity contribution in [3.63, 3.8) is 0 Å². The molecule has 1 aromatic carbocycles. The van der Waals surface area contributed by atoms with Crippen molar-refractivity contribution in [2.45, 2.75) is 51.4 Å². The molecule has 0 N–H and O–H groups in total. The zero-order chi connectivity index (χ0) is 21.0. The van der Waals surface area contributed by atoms with Gasteiger partial charge in [0.15, 0.2) is 0 Å². The van der Waals surface area contributed by atoms with Crippen LogP contribution in [-0.4, -0.2) is 68.0 Å². The van der Waals surface area contributed by atoms with Crippen LogP contribution < -0.4 is 9.64 Å². The average Bonchev–Trinajstić information content (AvgIpc) is 2.99. The summed E-state index contributed by atoms with van der Waals surface area (Å²) < 4.78 is 5.50. The van der Waals surface area contributed by atoms with E-state index in [1.165, 1.54) is 19.3 Å². The van der Waals surface area contributed by atoms with Crippen LogP contribution in [0.1, 0.15) is 51.4 Å². The van der Waals surface area contributed by atoms with Crippen LogP contribution in [0.15, 0.2) is 24.3 Å². The van der Waals surface area contributed by atoms with Crippen molar-refractivity contribution in [1.29, 1.82) is 0 Å². The Morgan fingerprint density at radius 3 is 2.27 bits per heavy atom. The van der Waals surface area contributed by atoms with Crippen molar-refractivity contribution in [2.24, 2.45) is 5.41 Å². The van der Waals surface area contributed by atoms with Gasteiger partial charge in [0.1, 0.15) is 5.75 Å². The van der Waals surface area contributed by atoms with E-state index in [0.717, 1.165) is 69.8 Å². The fourth-order valence-electron chi connectivity index (χ4n) is 5.40. The van der Waals surface area contributed by atoms with Crippen LogP contribution in [0.5, 0.6) is 5.75 Å². The Balaban J connectivity index is 1.30. The van der Waals surface area contributed by atoms with Gasteiger partial charge in [0.05, 0.1) is 18.2 Å². The number of likely N-dealkylation sites (tertiary alicyclic amines) is 1. The fourth-order valence-corrected chi connectivity index (χ4v) is 5.40. The van der Waals surface area contributed by atoms with Gasteiger partial charge in [0.2, 0.25) is 11.8 Å². The third-order valence-corrected chi connectivity index (χ3v) is 7.24. The van der Waals surface area contributed by atoms with Crippen LogP contribution in [0.4, 0.5) is 5.69 Å². The number of carbonyl (C=O) groups is 2. The number of benzene rings is 1. The minimum atomic E-state index is -0.389. The Labute approximate surface area is 180 Å². The SMILES string of the molecule is COc1ccccc1N1CCN(CCN2C(=O)CC3(CCCCCCC3)C2=O)CC1. The first-order valence-electron chi connectivity index (χ1n) is 11.6. The van der Waals surface area contributed by atoms with E-state index in [1.807, 2.05) is 18.2 Å². The standard InChI is InChI=1S/C24H35N3O3/c1-30-21-10-6-5-9-20(21)26-16-13-25(14-17-26)15-18-27-22(28)19-24(23(27)29)11-7-3-2-4-8-12-24/h5-6,9-10H,2-4,7-8,11-19H2,1H3. The summed E-state index contributed by atoms with van der Waals surface area (Å²) in [5.74, 6) is 1.07. The number of rotatable bonds is 5. The highest BCUT2D eigenvalue weighted by Crippen LogP contribution is 2.43. The van der Waals surface area contributed by atoms with Gasteiger partial charge in [-0.2, -0.15) is 0 Å². The second-order valence-electron chi connectivity index (χ2n) is 9.08. The molecule has 1 aromatic rings. The topological polar surface area (TPSA) is 53.1 Å². The number of carbonyl (C=O) groups excluding carboxylic acids is 2. The molecule has 6 heteroatoms. The maximum Gasteiger partial charge on any atom is 0.235 e. The molecule has 0 bridgehead atoms. The first kappa shape index (κ1) is 21.2. The van der Waals surface area contributed by atoms with Crippen molar-refractivity contribution >= 4 is 17.5 Å². The molecule has 0 aromatic heterocycles. The van der Waals surface area contributed by atoms with Crippen molar-refractivity contribution in [2.75, 3.05) is 51.3 Å². The fraction of sp³-hybridized carbons (Fsp3) is 0.667. The summed E-state index contributed by atoms with van der Waals surface area (Å²) in [5, 5.41) is 0. The summed E-state index contributed by atoms with van der Waals surface area (Å²) >= 11 is 0. The normalized spacial score (nSPS) is 23.0. The molecule has 3 fully saturated rings. The minimum absolute atomic E-state index is 0.0493. The molecule has 164 valence electrons. The zero-order valence-electron chi connectivity index (χ0n) is 18.3. The summed E-state index contributed by atoms with van der Waals surface area (Å²) in [4.78, 5) is 32.2. The number of amides is 2. The number of imide groups is 1. The van der Waals surface area contributed by atoms with E-state index in [4.69, 9.17) is 4.74 Å². The molecule has 2 saturated heterocycles. The molecule has 30 heavy (non-hydrogen) atoms. The first-order valence-corrected chi connectivity index (χ1v) is 11.6. The lowest BCUT2D eigenvalue weighted by molar-refractivity contribution is -0.142. The smallest absolute Gasteiger partial charge is 0.235 e. The van der Waals surface area contributed by atoms with Crippen LogP contribution in [0.25, 0.3) is 0 Å². The number of hydrogen-bond acceptors (Lipinski definition) is 5. The summed E-state index contributed by atoms with van der Waals surface area (Å²) in [6.45, 7) is 5.01. The molecule has 4 rings (SSSR count). The number of anilines is 1. The molecule has 0 unspecified atom stereocenters. The van der Waals surface area contributed by atoms with E-state index >= 15 is 0 Å². The van der Waals surface area contributed by atoms with Gasteiger partial charge in [-0.1, -0.05) is 44.2 Å². The molecular formula is C24H35N3O3. The molecule has 1 spiro atoms. The van der Waals surface area contributed by atoms with Crippen LogP contribution in [-0.2, 0) is 9.59 Å². The Hall–Kier alpha value is -2.08. The Morgan fingerprint density at radius 2 is 1.57 bits per heavy atom. The van der Waals surface area contributed by atoms with Gasteiger partial charge in [0, 0.05) is 45.7 Å². The van der Waals surface area contributed by atoms with Gasteiger partial charge in [-0.05, 0) is 25.0 Å². The molecule has 0 radical (unpaired) electrons. The lowest BCUT2D eigenvalue weighted by atomic mass is 9.75.